The molecule has 0 aliphatic rings. The third kappa shape index (κ3) is 3.94. The molecule has 0 unspecified atom stereocenters. The predicted molar refractivity (Wildman–Crippen MR) is 97.2 cm³/mol. The van der Waals surface area contributed by atoms with Gasteiger partial charge in [-0.3, -0.25) is 0 Å². The Kier molecular flexibility index (Phi) is 6.42. The summed E-state index contributed by atoms with van der Waals surface area (Å²) in [5.41, 5.74) is 1.13. The number of halogens is 2. The van der Waals surface area contributed by atoms with Crippen LogP contribution in [-0.4, -0.2) is 22.5 Å². The lowest BCUT2D eigenvalue weighted by atomic mass is 10.1. The highest BCUT2D eigenvalue weighted by Crippen LogP contribution is 2.30. The number of esters is 1. The number of nitrogens with zero attached hydrogens (tertiary/aromatic N) is 2. The third-order valence-electron chi connectivity index (χ3n) is 3.31. The standard InChI is InChI=1S/C17H12ClFN2O2.C2H6/c1-2-23-17(22)15-13(19)14-11(9-20-15)8-12(16(18)21-14)10-6-4-3-5-7-10;1-2/h3-9H,2H2,1H3;1-2H3. The molecule has 25 heavy (non-hydrogen) atoms. The quantitative estimate of drug-likeness (QED) is 0.470. The molecular formula is C19H18ClFN2O2. The van der Waals surface area contributed by atoms with Crippen molar-refractivity contribution in [3.05, 3.63) is 59.3 Å². The van der Waals surface area contributed by atoms with Gasteiger partial charge in [-0.1, -0.05) is 55.8 Å². The summed E-state index contributed by atoms with van der Waals surface area (Å²) in [5, 5.41) is 0.613. The first-order valence-electron chi connectivity index (χ1n) is 7.99. The summed E-state index contributed by atoms with van der Waals surface area (Å²) >= 11 is 6.19. The molecule has 0 spiro atoms. The van der Waals surface area contributed by atoms with Gasteiger partial charge in [0.2, 0.25) is 0 Å². The van der Waals surface area contributed by atoms with E-state index in [-0.39, 0.29) is 17.3 Å². The van der Waals surface area contributed by atoms with Gasteiger partial charge in [-0.25, -0.2) is 19.2 Å². The van der Waals surface area contributed by atoms with Gasteiger partial charge in [-0.15, -0.1) is 0 Å². The fraction of sp³-hybridized carbons (Fsp3) is 0.211. The van der Waals surface area contributed by atoms with Gasteiger partial charge in [-0.05, 0) is 18.6 Å². The van der Waals surface area contributed by atoms with Crippen LogP contribution in [0.2, 0.25) is 5.15 Å². The molecule has 2 heterocycles. The summed E-state index contributed by atoms with van der Waals surface area (Å²) in [6.07, 6.45) is 1.39. The molecule has 0 saturated heterocycles. The second-order valence-electron chi connectivity index (χ2n) is 4.77. The minimum absolute atomic E-state index is 0.00673. The second kappa shape index (κ2) is 8.53. The molecule has 0 aliphatic carbocycles. The van der Waals surface area contributed by atoms with Crippen LogP contribution < -0.4 is 0 Å². The molecule has 0 amide bonds. The highest BCUT2D eigenvalue weighted by atomic mass is 35.5. The lowest BCUT2D eigenvalue weighted by Gasteiger charge is -2.08. The minimum atomic E-state index is -0.831. The molecule has 0 atom stereocenters. The van der Waals surface area contributed by atoms with Crippen LogP contribution in [0.1, 0.15) is 31.3 Å². The Morgan fingerprint density at radius 1 is 1.24 bits per heavy atom. The van der Waals surface area contributed by atoms with Crippen LogP contribution >= 0.6 is 11.6 Å². The molecule has 0 bridgehead atoms. The van der Waals surface area contributed by atoms with E-state index in [0.29, 0.717) is 10.9 Å². The molecule has 0 aliphatic heterocycles. The first-order valence-corrected chi connectivity index (χ1v) is 8.37. The maximum atomic E-state index is 14.5. The Morgan fingerprint density at radius 2 is 1.92 bits per heavy atom. The molecule has 3 rings (SSSR count). The lowest BCUT2D eigenvalue weighted by molar-refractivity contribution is 0.0514. The highest BCUT2D eigenvalue weighted by molar-refractivity contribution is 6.32. The average molecular weight is 361 g/mol. The van der Waals surface area contributed by atoms with E-state index in [1.807, 2.05) is 44.2 Å². The largest absolute Gasteiger partial charge is 0.461 e. The van der Waals surface area contributed by atoms with Crippen LogP contribution in [0.3, 0.4) is 0 Å². The zero-order valence-electron chi connectivity index (χ0n) is 14.2. The molecule has 6 heteroatoms. The Bertz CT molecular complexity index is 885. The number of pyridine rings is 2. The van der Waals surface area contributed by atoms with Crippen LogP contribution in [-0.2, 0) is 4.74 Å². The lowest BCUT2D eigenvalue weighted by Crippen LogP contribution is -2.10. The SMILES string of the molecule is CC.CCOC(=O)c1ncc2cc(-c3ccccc3)c(Cl)nc2c1F. The zero-order chi connectivity index (χ0) is 18.4. The van der Waals surface area contributed by atoms with Gasteiger partial charge in [0, 0.05) is 17.1 Å². The van der Waals surface area contributed by atoms with Gasteiger partial charge in [0.25, 0.3) is 0 Å². The van der Waals surface area contributed by atoms with Crippen molar-refractivity contribution in [1.82, 2.24) is 9.97 Å². The number of benzene rings is 1. The van der Waals surface area contributed by atoms with E-state index in [2.05, 4.69) is 9.97 Å². The zero-order valence-corrected chi connectivity index (χ0v) is 15.0. The van der Waals surface area contributed by atoms with E-state index in [9.17, 15) is 9.18 Å². The molecule has 130 valence electrons. The van der Waals surface area contributed by atoms with Gasteiger partial charge in [0.1, 0.15) is 10.7 Å². The molecule has 0 N–H and O–H groups in total. The summed E-state index contributed by atoms with van der Waals surface area (Å²) in [4.78, 5) is 19.7. The van der Waals surface area contributed by atoms with Crippen LogP contribution in [0.25, 0.3) is 22.0 Å². The summed E-state index contributed by atoms with van der Waals surface area (Å²) in [6, 6.07) is 11.1. The predicted octanol–water partition coefficient (Wildman–Crippen LogP) is 5.29. The van der Waals surface area contributed by atoms with Crippen molar-refractivity contribution in [2.24, 2.45) is 0 Å². The van der Waals surface area contributed by atoms with Gasteiger partial charge >= 0.3 is 5.97 Å². The maximum absolute atomic E-state index is 14.5. The van der Waals surface area contributed by atoms with E-state index in [0.717, 1.165) is 5.56 Å². The summed E-state index contributed by atoms with van der Waals surface area (Å²) in [6.45, 7) is 5.78. The van der Waals surface area contributed by atoms with Gasteiger partial charge in [0.05, 0.1) is 6.61 Å². The van der Waals surface area contributed by atoms with Gasteiger partial charge in [0.15, 0.2) is 11.5 Å². The van der Waals surface area contributed by atoms with Crippen molar-refractivity contribution in [3.63, 3.8) is 0 Å². The Hall–Kier alpha value is -2.53. The number of carbonyl (C=O) groups is 1. The molecule has 2 aromatic heterocycles. The maximum Gasteiger partial charge on any atom is 0.360 e. The van der Waals surface area contributed by atoms with Crippen LogP contribution in [0.5, 0.6) is 0 Å². The summed E-state index contributed by atoms with van der Waals surface area (Å²) in [5.74, 6) is -1.65. The summed E-state index contributed by atoms with van der Waals surface area (Å²) in [7, 11) is 0. The van der Waals surface area contributed by atoms with E-state index >= 15 is 0 Å². The van der Waals surface area contributed by atoms with E-state index in [1.165, 1.54) is 6.20 Å². The van der Waals surface area contributed by atoms with Crippen molar-refractivity contribution < 1.29 is 13.9 Å². The fourth-order valence-electron chi connectivity index (χ4n) is 2.25. The number of ether oxygens (including phenoxy) is 1. The minimum Gasteiger partial charge on any atom is -0.461 e. The van der Waals surface area contributed by atoms with E-state index in [4.69, 9.17) is 16.3 Å². The number of rotatable bonds is 3. The Morgan fingerprint density at radius 3 is 2.56 bits per heavy atom. The Balaban J connectivity index is 0.00000109. The Labute approximate surface area is 150 Å². The first-order chi connectivity index (χ1) is 12.1. The molecule has 0 fully saturated rings. The van der Waals surface area contributed by atoms with Crippen molar-refractivity contribution in [2.75, 3.05) is 6.61 Å². The van der Waals surface area contributed by atoms with Crippen molar-refractivity contribution >= 4 is 28.5 Å². The number of carbonyl (C=O) groups excluding carboxylic acids is 1. The normalized spacial score (nSPS) is 10.1. The molecular weight excluding hydrogens is 343 g/mol. The fourth-order valence-corrected chi connectivity index (χ4v) is 2.49. The second-order valence-corrected chi connectivity index (χ2v) is 5.13. The number of fused-ring (bicyclic) bond motifs is 1. The van der Waals surface area contributed by atoms with Crippen molar-refractivity contribution in [2.45, 2.75) is 20.8 Å². The molecule has 3 aromatic rings. The third-order valence-corrected chi connectivity index (χ3v) is 3.60. The van der Waals surface area contributed by atoms with Gasteiger partial charge in [-0.2, -0.15) is 0 Å². The van der Waals surface area contributed by atoms with Crippen LogP contribution in [0.15, 0.2) is 42.6 Å². The van der Waals surface area contributed by atoms with Gasteiger partial charge < -0.3 is 4.74 Å². The smallest absolute Gasteiger partial charge is 0.360 e. The molecule has 0 radical (unpaired) electrons. The van der Waals surface area contributed by atoms with Crippen LogP contribution in [0.4, 0.5) is 4.39 Å². The highest BCUT2D eigenvalue weighted by Gasteiger charge is 2.19. The van der Waals surface area contributed by atoms with E-state index < -0.39 is 17.5 Å². The number of aromatic nitrogens is 2. The molecule has 0 saturated carbocycles. The topological polar surface area (TPSA) is 52.1 Å². The number of hydrogen-bond acceptors (Lipinski definition) is 4. The monoisotopic (exact) mass is 360 g/mol. The average Bonchev–Trinajstić information content (AvgIpc) is 2.64. The molecule has 4 nitrogen and oxygen atoms in total. The molecule has 1 aromatic carbocycles. The number of hydrogen-bond donors (Lipinski definition) is 0. The van der Waals surface area contributed by atoms with Crippen LogP contribution in [0, 0.1) is 5.82 Å². The first kappa shape index (κ1) is 18.8. The van der Waals surface area contributed by atoms with Crippen molar-refractivity contribution in [3.8, 4) is 11.1 Å². The summed E-state index contributed by atoms with van der Waals surface area (Å²) < 4.78 is 19.3. The van der Waals surface area contributed by atoms with E-state index in [1.54, 1.807) is 13.0 Å². The van der Waals surface area contributed by atoms with Crippen molar-refractivity contribution in [1.29, 1.82) is 0 Å².